The highest BCUT2D eigenvalue weighted by Gasteiger charge is 2.13. The molecular weight excluding hydrogens is 278 g/mol. The van der Waals surface area contributed by atoms with Crippen molar-refractivity contribution in [3.05, 3.63) is 45.7 Å². The van der Waals surface area contributed by atoms with Crippen molar-refractivity contribution in [2.24, 2.45) is 0 Å². The molecule has 1 aromatic carbocycles. The highest BCUT2D eigenvalue weighted by atomic mass is 16.2. The van der Waals surface area contributed by atoms with Crippen molar-refractivity contribution in [3.63, 3.8) is 0 Å². The lowest BCUT2D eigenvalue weighted by Crippen LogP contribution is -2.36. The number of carbonyl (C=O) groups excluding carboxylic acids is 1. The third kappa shape index (κ3) is 3.36. The zero-order valence-electron chi connectivity index (χ0n) is 13.4. The van der Waals surface area contributed by atoms with E-state index in [1.165, 1.54) is 6.20 Å². The van der Waals surface area contributed by atoms with Crippen molar-refractivity contribution >= 4 is 16.8 Å². The Balaban J connectivity index is 2.16. The average Bonchev–Trinajstić information content (AvgIpc) is 2.52. The van der Waals surface area contributed by atoms with Gasteiger partial charge < -0.3 is 15.2 Å². The van der Waals surface area contributed by atoms with Gasteiger partial charge >= 0.3 is 0 Å². The summed E-state index contributed by atoms with van der Waals surface area (Å²) in [6.45, 7) is 9.31. The fraction of sp³-hybridized carbons (Fsp3) is 0.412. The van der Waals surface area contributed by atoms with Gasteiger partial charge in [-0.3, -0.25) is 9.59 Å². The SMILES string of the molecule is CCN(CC)CCNC(=O)c1c[nH]c2c(C)cccc2c1=O. The van der Waals surface area contributed by atoms with Crippen molar-refractivity contribution in [2.45, 2.75) is 20.8 Å². The van der Waals surface area contributed by atoms with Crippen LogP contribution in [0.15, 0.2) is 29.2 Å². The number of para-hydroxylation sites is 1. The standard InChI is InChI=1S/C17H23N3O2/c1-4-20(5-2)10-9-18-17(22)14-11-19-15-12(3)7-6-8-13(15)16(14)21/h6-8,11H,4-5,9-10H2,1-3H3,(H,18,22)(H,19,21). The quantitative estimate of drug-likeness (QED) is 0.856. The molecule has 0 atom stereocenters. The van der Waals surface area contributed by atoms with Crippen LogP contribution in [0.3, 0.4) is 0 Å². The number of aromatic nitrogens is 1. The summed E-state index contributed by atoms with van der Waals surface area (Å²) in [5.74, 6) is -0.322. The lowest BCUT2D eigenvalue weighted by molar-refractivity contribution is 0.0947. The maximum absolute atomic E-state index is 12.4. The molecular formula is C17H23N3O2. The molecule has 0 spiro atoms. The van der Waals surface area contributed by atoms with Crippen LogP contribution in [-0.4, -0.2) is 42.0 Å². The third-order valence-electron chi connectivity index (χ3n) is 3.98. The van der Waals surface area contributed by atoms with E-state index < -0.39 is 0 Å². The van der Waals surface area contributed by atoms with E-state index in [9.17, 15) is 9.59 Å². The minimum atomic E-state index is -0.322. The molecule has 0 aliphatic carbocycles. The summed E-state index contributed by atoms with van der Waals surface area (Å²) in [7, 11) is 0. The summed E-state index contributed by atoms with van der Waals surface area (Å²) in [6, 6.07) is 5.50. The van der Waals surface area contributed by atoms with E-state index in [2.05, 4.69) is 29.0 Å². The summed E-state index contributed by atoms with van der Waals surface area (Å²) in [5, 5.41) is 3.37. The molecule has 5 nitrogen and oxygen atoms in total. The Bertz CT molecular complexity index is 717. The molecule has 0 unspecified atom stereocenters. The molecule has 0 aliphatic rings. The molecule has 2 rings (SSSR count). The van der Waals surface area contributed by atoms with Gasteiger partial charge in [-0.2, -0.15) is 0 Å². The number of aromatic amines is 1. The van der Waals surface area contributed by atoms with Crippen molar-refractivity contribution in [1.29, 1.82) is 0 Å². The van der Waals surface area contributed by atoms with Crippen LogP contribution in [0, 0.1) is 6.92 Å². The number of aryl methyl sites for hydroxylation is 1. The van der Waals surface area contributed by atoms with Crippen molar-refractivity contribution in [1.82, 2.24) is 15.2 Å². The number of benzene rings is 1. The second-order valence-corrected chi connectivity index (χ2v) is 5.31. The molecule has 118 valence electrons. The monoisotopic (exact) mass is 301 g/mol. The fourth-order valence-electron chi connectivity index (χ4n) is 2.53. The molecule has 22 heavy (non-hydrogen) atoms. The molecule has 0 saturated carbocycles. The Labute approximate surface area is 130 Å². The first kappa shape index (κ1) is 16.2. The van der Waals surface area contributed by atoms with Crippen LogP contribution in [0.1, 0.15) is 29.8 Å². The van der Waals surface area contributed by atoms with E-state index >= 15 is 0 Å². The second kappa shape index (κ2) is 7.22. The fourth-order valence-corrected chi connectivity index (χ4v) is 2.53. The number of nitrogens with zero attached hydrogens (tertiary/aromatic N) is 1. The molecule has 0 saturated heterocycles. The zero-order chi connectivity index (χ0) is 16.1. The van der Waals surface area contributed by atoms with Gasteiger partial charge in [0.2, 0.25) is 5.43 Å². The number of H-pyrrole nitrogens is 1. The number of rotatable bonds is 6. The number of carbonyl (C=O) groups is 1. The smallest absolute Gasteiger partial charge is 0.256 e. The number of amides is 1. The van der Waals surface area contributed by atoms with Crippen LogP contribution in [0.5, 0.6) is 0 Å². The lowest BCUT2D eigenvalue weighted by atomic mass is 10.1. The predicted octanol–water partition coefficient (Wildman–Crippen LogP) is 1.91. The van der Waals surface area contributed by atoms with E-state index in [0.717, 1.165) is 30.7 Å². The Morgan fingerprint density at radius 2 is 2.00 bits per heavy atom. The molecule has 0 aliphatic heterocycles. The first-order valence-electron chi connectivity index (χ1n) is 7.70. The van der Waals surface area contributed by atoms with E-state index in [1.54, 1.807) is 6.07 Å². The van der Waals surface area contributed by atoms with Crippen molar-refractivity contribution in [3.8, 4) is 0 Å². The summed E-state index contributed by atoms with van der Waals surface area (Å²) >= 11 is 0. The van der Waals surface area contributed by atoms with E-state index in [0.29, 0.717) is 11.9 Å². The summed E-state index contributed by atoms with van der Waals surface area (Å²) in [4.78, 5) is 29.9. The summed E-state index contributed by atoms with van der Waals surface area (Å²) in [6.07, 6.45) is 1.50. The number of pyridine rings is 1. The molecule has 1 aromatic heterocycles. The van der Waals surface area contributed by atoms with Crippen molar-refractivity contribution < 1.29 is 4.79 Å². The number of likely N-dealkylation sites (N-methyl/N-ethyl adjacent to an activating group) is 1. The van der Waals surface area contributed by atoms with Gasteiger partial charge in [-0.25, -0.2) is 0 Å². The summed E-state index contributed by atoms with van der Waals surface area (Å²) < 4.78 is 0. The Hall–Kier alpha value is -2.14. The van der Waals surface area contributed by atoms with Crippen LogP contribution in [0.4, 0.5) is 0 Å². The number of fused-ring (bicyclic) bond motifs is 1. The van der Waals surface area contributed by atoms with Gasteiger partial charge in [0, 0.05) is 24.7 Å². The first-order chi connectivity index (χ1) is 10.6. The molecule has 5 heteroatoms. The van der Waals surface area contributed by atoms with Gasteiger partial charge in [-0.1, -0.05) is 26.0 Å². The minimum absolute atomic E-state index is 0.164. The molecule has 0 fully saturated rings. The largest absolute Gasteiger partial charge is 0.360 e. The normalized spacial score (nSPS) is 11.1. The summed E-state index contributed by atoms with van der Waals surface area (Å²) in [5.41, 5.74) is 1.71. The van der Waals surface area contributed by atoms with Gasteiger partial charge in [-0.05, 0) is 31.6 Å². The van der Waals surface area contributed by atoms with Gasteiger partial charge in [0.1, 0.15) is 5.56 Å². The van der Waals surface area contributed by atoms with Crippen LogP contribution in [0.2, 0.25) is 0 Å². The minimum Gasteiger partial charge on any atom is -0.360 e. The van der Waals surface area contributed by atoms with Crippen LogP contribution >= 0.6 is 0 Å². The highest BCUT2D eigenvalue weighted by molar-refractivity contribution is 5.97. The van der Waals surface area contributed by atoms with Gasteiger partial charge in [-0.15, -0.1) is 0 Å². The average molecular weight is 301 g/mol. The number of nitrogens with one attached hydrogen (secondary N) is 2. The molecule has 1 amide bonds. The maximum Gasteiger partial charge on any atom is 0.256 e. The lowest BCUT2D eigenvalue weighted by Gasteiger charge is -2.17. The molecule has 1 heterocycles. The predicted molar refractivity (Wildman–Crippen MR) is 89.4 cm³/mol. The van der Waals surface area contributed by atoms with E-state index in [4.69, 9.17) is 0 Å². The zero-order valence-corrected chi connectivity index (χ0v) is 13.4. The maximum atomic E-state index is 12.4. The Kier molecular flexibility index (Phi) is 5.33. The molecule has 2 aromatic rings. The number of hydrogen-bond donors (Lipinski definition) is 2. The highest BCUT2D eigenvalue weighted by Crippen LogP contribution is 2.12. The molecule has 0 bridgehead atoms. The van der Waals surface area contributed by atoms with Crippen LogP contribution in [-0.2, 0) is 0 Å². The first-order valence-corrected chi connectivity index (χ1v) is 7.70. The third-order valence-corrected chi connectivity index (χ3v) is 3.98. The number of hydrogen-bond acceptors (Lipinski definition) is 3. The Morgan fingerprint density at radius 3 is 2.68 bits per heavy atom. The van der Waals surface area contributed by atoms with Gasteiger partial charge in [0.25, 0.3) is 5.91 Å². The van der Waals surface area contributed by atoms with E-state index in [-0.39, 0.29) is 16.9 Å². The topological polar surface area (TPSA) is 65.2 Å². The molecule has 0 radical (unpaired) electrons. The van der Waals surface area contributed by atoms with E-state index in [1.807, 2.05) is 19.1 Å². The van der Waals surface area contributed by atoms with Gasteiger partial charge in [0.15, 0.2) is 0 Å². The molecule has 2 N–H and O–H groups in total. The van der Waals surface area contributed by atoms with Crippen LogP contribution in [0.25, 0.3) is 10.9 Å². The second-order valence-electron chi connectivity index (χ2n) is 5.31. The van der Waals surface area contributed by atoms with Crippen molar-refractivity contribution in [2.75, 3.05) is 26.2 Å². The van der Waals surface area contributed by atoms with Gasteiger partial charge in [0.05, 0.1) is 5.52 Å². The Morgan fingerprint density at radius 1 is 1.27 bits per heavy atom. The van der Waals surface area contributed by atoms with Crippen LogP contribution < -0.4 is 10.7 Å².